The first-order valence-corrected chi connectivity index (χ1v) is 8.46. The fourth-order valence-corrected chi connectivity index (χ4v) is 2.77. The SMILES string of the molecule is CCc1ccc2nc(NC3=NC[C@H](CC(=O)OC)C(=O)N3)nc(C)c2c1. The van der Waals surface area contributed by atoms with E-state index in [0.717, 1.165) is 23.0 Å². The molecule has 0 fully saturated rings. The van der Waals surface area contributed by atoms with Crippen molar-refractivity contribution in [3.63, 3.8) is 0 Å². The molecule has 0 spiro atoms. The number of carbonyl (C=O) groups is 2. The van der Waals surface area contributed by atoms with Gasteiger partial charge in [-0.1, -0.05) is 13.0 Å². The van der Waals surface area contributed by atoms with E-state index in [9.17, 15) is 9.59 Å². The van der Waals surface area contributed by atoms with Crippen LogP contribution in [0.4, 0.5) is 5.95 Å². The number of hydrogen-bond acceptors (Lipinski definition) is 7. The van der Waals surface area contributed by atoms with Crippen LogP contribution < -0.4 is 10.6 Å². The number of nitrogens with one attached hydrogen (secondary N) is 2. The van der Waals surface area contributed by atoms with Crippen molar-refractivity contribution < 1.29 is 14.3 Å². The summed E-state index contributed by atoms with van der Waals surface area (Å²) in [6, 6.07) is 6.09. The summed E-state index contributed by atoms with van der Waals surface area (Å²) in [7, 11) is 1.29. The van der Waals surface area contributed by atoms with Gasteiger partial charge in [0.25, 0.3) is 0 Å². The average molecular weight is 355 g/mol. The molecule has 1 aromatic heterocycles. The van der Waals surface area contributed by atoms with E-state index < -0.39 is 11.9 Å². The van der Waals surface area contributed by atoms with Crippen LogP contribution in [0, 0.1) is 12.8 Å². The number of ether oxygens (including phenoxy) is 1. The Balaban J connectivity index is 1.77. The summed E-state index contributed by atoms with van der Waals surface area (Å²) in [4.78, 5) is 36.6. The van der Waals surface area contributed by atoms with Crippen LogP contribution >= 0.6 is 0 Å². The molecule has 2 heterocycles. The lowest BCUT2D eigenvalue weighted by molar-refractivity contribution is -0.143. The van der Waals surface area contributed by atoms with E-state index >= 15 is 0 Å². The Kier molecular flexibility index (Phi) is 5.11. The topological polar surface area (TPSA) is 106 Å². The van der Waals surface area contributed by atoms with Crippen molar-refractivity contribution in [1.82, 2.24) is 15.3 Å². The third kappa shape index (κ3) is 3.79. The summed E-state index contributed by atoms with van der Waals surface area (Å²) >= 11 is 0. The molecule has 1 aliphatic rings. The van der Waals surface area contributed by atoms with Gasteiger partial charge in [0.15, 0.2) is 0 Å². The van der Waals surface area contributed by atoms with Gasteiger partial charge in [0.2, 0.25) is 17.8 Å². The minimum absolute atomic E-state index is 0.00442. The molecular weight excluding hydrogens is 334 g/mol. The number of aromatic nitrogens is 2. The van der Waals surface area contributed by atoms with Crippen LogP contribution in [0.1, 0.15) is 24.6 Å². The minimum atomic E-state index is -0.528. The van der Waals surface area contributed by atoms with Gasteiger partial charge in [0.05, 0.1) is 37.2 Å². The molecule has 1 aromatic carbocycles. The number of nitrogens with zero attached hydrogens (tertiary/aromatic N) is 3. The predicted octanol–water partition coefficient (Wildman–Crippen LogP) is 1.58. The van der Waals surface area contributed by atoms with E-state index in [1.165, 1.54) is 12.7 Å². The molecule has 136 valence electrons. The molecule has 0 saturated carbocycles. The van der Waals surface area contributed by atoms with Gasteiger partial charge in [-0.15, -0.1) is 0 Å². The van der Waals surface area contributed by atoms with Crippen LogP contribution in [-0.2, 0) is 20.7 Å². The quantitative estimate of drug-likeness (QED) is 0.807. The number of carbonyl (C=O) groups excluding carboxylic acids is 2. The molecule has 26 heavy (non-hydrogen) atoms. The van der Waals surface area contributed by atoms with Crippen LogP contribution in [0.15, 0.2) is 23.2 Å². The summed E-state index contributed by atoms with van der Waals surface area (Å²) < 4.78 is 4.59. The van der Waals surface area contributed by atoms with Crippen molar-refractivity contribution >= 4 is 34.7 Å². The van der Waals surface area contributed by atoms with Gasteiger partial charge in [-0.2, -0.15) is 0 Å². The third-order valence-corrected chi connectivity index (χ3v) is 4.31. The molecule has 2 aromatic rings. The predicted molar refractivity (Wildman–Crippen MR) is 97.8 cm³/mol. The smallest absolute Gasteiger partial charge is 0.306 e. The van der Waals surface area contributed by atoms with Crippen molar-refractivity contribution in [3.05, 3.63) is 29.5 Å². The number of esters is 1. The second-order valence-corrected chi connectivity index (χ2v) is 6.12. The number of aliphatic imine (C=N–C) groups is 1. The number of fused-ring (bicyclic) bond motifs is 1. The first kappa shape index (κ1) is 17.8. The summed E-state index contributed by atoms with van der Waals surface area (Å²) in [5.41, 5.74) is 2.90. The Morgan fingerprint density at radius 2 is 2.19 bits per heavy atom. The number of hydrogen-bond donors (Lipinski definition) is 2. The summed E-state index contributed by atoms with van der Waals surface area (Å²) in [5, 5.41) is 6.59. The molecule has 8 heteroatoms. The van der Waals surface area contributed by atoms with E-state index in [-0.39, 0.29) is 24.8 Å². The summed E-state index contributed by atoms with van der Waals surface area (Å²) in [6.45, 7) is 4.22. The summed E-state index contributed by atoms with van der Waals surface area (Å²) in [5.74, 6) is -0.598. The number of methoxy groups -OCH3 is 1. The normalized spacial score (nSPS) is 16.8. The number of rotatable bonds is 4. The Labute approximate surface area is 151 Å². The van der Waals surface area contributed by atoms with Crippen molar-refractivity contribution in [2.24, 2.45) is 10.9 Å². The molecule has 1 aliphatic heterocycles. The molecule has 1 amide bonds. The number of benzene rings is 1. The lowest BCUT2D eigenvalue weighted by atomic mass is 10.0. The zero-order valence-corrected chi connectivity index (χ0v) is 15.0. The molecular formula is C18H21N5O3. The van der Waals surface area contributed by atoms with Crippen molar-refractivity contribution in [2.45, 2.75) is 26.7 Å². The second-order valence-electron chi connectivity index (χ2n) is 6.12. The lowest BCUT2D eigenvalue weighted by Gasteiger charge is -2.21. The Morgan fingerprint density at radius 1 is 1.38 bits per heavy atom. The van der Waals surface area contributed by atoms with Gasteiger partial charge in [0.1, 0.15) is 0 Å². The highest BCUT2D eigenvalue weighted by Crippen LogP contribution is 2.19. The molecule has 0 unspecified atom stereocenters. The van der Waals surface area contributed by atoms with Gasteiger partial charge < -0.3 is 4.74 Å². The van der Waals surface area contributed by atoms with Crippen LogP contribution in [0.5, 0.6) is 0 Å². The van der Waals surface area contributed by atoms with Crippen LogP contribution in [0.3, 0.4) is 0 Å². The first-order valence-electron chi connectivity index (χ1n) is 8.46. The Hall–Kier alpha value is -3.03. The zero-order chi connectivity index (χ0) is 18.7. The highest BCUT2D eigenvalue weighted by molar-refractivity contribution is 6.06. The van der Waals surface area contributed by atoms with E-state index in [0.29, 0.717) is 5.95 Å². The molecule has 1 atom stereocenters. The largest absolute Gasteiger partial charge is 0.469 e. The van der Waals surface area contributed by atoms with E-state index in [1.54, 1.807) is 0 Å². The maximum absolute atomic E-state index is 12.1. The fraction of sp³-hybridized carbons (Fsp3) is 0.389. The van der Waals surface area contributed by atoms with Crippen molar-refractivity contribution in [2.75, 3.05) is 19.0 Å². The van der Waals surface area contributed by atoms with Crippen LogP contribution in [-0.4, -0.2) is 41.5 Å². The van der Waals surface area contributed by atoms with Gasteiger partial charge >= 0.3 is 5.97 Å². The monoisotopic (exact) mass is 355 g/mol. The average Bonchev–Trinajstić information content (AvgIpc) is 2.63. The Bertz CT molecular complexity index is 894. The maximum Gasteiger partial charge on any atom is 0.306 e. The fourth-order valence-electron chi connectivity index (χ4n) is 2.77. The van der Waals surface area contributed by atoms with Crippen molar-refractivity contribution in [1.29, 1.82) is 0 Å². The van der Waals surface area contributed by atoms with Gasteiger partial charge in [0, 0.05) is 5.39 Å². The second kappa shape index (κ2) is 7.47. The molecule has 2 N–H and O–H groups in total. The lowest BCUT2D eigenvalue weighted by Crippen LogP contribution is -2.45. The highest BCUT2D eigenvalue weighted by Gasteiger charge is 2.27. The van der Waals surface area contributed by atoms with Crippen LogP contribution in [0.2, 0.25) is 0 Å². The van der Waals surface area contributed by atoms with E-state index in [4.69, 9.17) is 0 Å². The Morgan fingerprint density at radius 3 is 2.88 bits per heavy atom. The minimum Gasteiger partial charge on any atom is -0.469 e. The molecule has 8 nitrogen and oxygen atoms in total. The van der Waals surface area contributed by atoms with Gasteiger partial charge in [-0.25, -0.2) is 9.97 Å². The maximum atomic E-state index is 12.1. The standard InChI is InChI=1S/C18H21N5O3/c1-4-11-5-6-14-13(7-11)10(2)20-18(21-14)23-17-19-9-12(16(25)22-17)8-15(24)26-3/h5-7,12H,4,8-9H2,1-3H3,(H2,19,20,21,22,23,25)/t12-/m0/s1. The highest BCUT2D eigenvalue weighted by atomic mass is 16.5. The zero-order valence-electron chi connectivity index (χ0n) is 15.0. The van der Waals surface area contributed by atoms with Crippen molar-refractivity contribution in [3.8, 4) is 0 Å². The molecule has 0 aliphatic carbocycles. The molecule has 0 bridgehead atoms. The molecule has 0 saturated heterocycles. The van der Waals surface area contributed by atoms with E-state index in [2.05, 4.69) is 43.3 Å². The van der Waals surface area contributed by atoms with Crippen LogP contribution in [0.25, 0.3) is 10.9 Å². The first-order chi connectivity index (χ1) is 12.5. The molecule has 0 radical (unpaired) electrons. The summed E-state index contributed by atoms with van der Waals surface area (Å²) in [6.07, 6.45) is 0.954. The van der Waals surface area contributed by atoms with E-state index in [1.807, 2.05) is 19.1 Å². The number of amides is 1. The number of aryl methyl sites for hydroxylation is 2. The molecule has 3 rings (SSSR count). The van der Waals surface area contributed by atoms with Gasteiger partial charge in [-0.05, 0) is 31.0 Å². The number of anilines is 1. The number of guanidine groups is 1. The van der Waals surface area contributed by atoms with Gasteiger partial charge in [-0.3, -0.25) is 25.2 Å². The third-order valence-electron chi connectivity index (χ3n) is 4.31.